The van der Waals surface area contributed by atoms with Crippen LogP contribution in [0.3, 0.4) is 0 Å². The maximum Gasteiger partial charge on any atom is 0.159 e. The van der Waals surface area contributed by atoms with E-state index < -0.39 is 6.17 Å². The third kappa shape index (κ3) is 5.48. The topological polar surface area (TPSA) is 63.0 Å². The fourth-order valence-corrected chi connectivity index (χ4v) is 8.00. The molecule has 1 unspecified atom stereocenters. The summed E-state index contributed by atoms with van der Waals surface area (Å²) in [7, 11) is 0. The molecule has 1 atom stereocenters. The lowest BCUT2D eigenvalue weighted by atomic mass is 9.96. The fraction of sp³-hybridized carbons (Fsp3) is 0.0196. The van der Waals surface area contributed by atoms with E-state index in [0.717, 1.165) is 88.7 Å². The minimum Gasteiger partial charge on any atom is -0.456 e. The number of amidine groups is 2. The highest BCUT2D eigenvalue weighted by Gasteiger charge is 2.25. The van der Waals surface area contributed by atoms with Crippen molar-refractivity contribution in [1.82, 2.24) is 5.32 Å². The normalized spacial score (nSPS) is 14.2. The van der Waals surface area contributed by atoms with Gasteiger partial charge in [0, 0.05) is 38.2 Å². The van der Waals surface area contributed by atoms with Gasteiger partial charge in [-0.1, -0.05) is 158 Å². The summed E-state index contributed by atoms with van der Waals surface area (Å²) >= 11 is 0. The molecule has 8 aromatic carbocycles. The molecule has 0 saturated carbocycles. The Morgan fingerprint density at radius 2 is 0.982 bits per heavy atom. The zero-order valence-corrected chi connectivity index (χ0v) is 30.2. The van der Waals surface area contributed by atoms with Crippen molar-refractivity contribution in [3.8, 4) is 33.4 Å². The van der Waals surface area contributed by atoms with Crippen molar-refractivity contribution in [3.05, 3.63) is 205 Å². The number of fused-ring (bicyclic) bond motifs is 6. The van der Waals surface area contributed by atoms with Crippen molar-refractivity contribution in [2.45, 2.75) is 6.17 Å². The molecule has 264 valence electrons. The minimum absolute atomic E-state index is 0.453. The average molecular weight is 720 g/mol. The van der Waals surface area contributed by atoms with E-state index in [2.05, 4.69) is 151 Å². The molecule has 11 rings (SSSR count). The molecule has 0 spiro atoms. The molecule has 0 amide bonds. The Labute approximate surface area is 322 Å². The second-order valence-electron chi connectivity index (χ2n) is 14.2. The van der Waals surface area contributed by atoms with Crippen LogP contribution in [0, 0.1) is 0 Å². The fourth-order valence-electron chi connectivity index (χ4n) is 8.00. The summed E-state index contributed by atoms with van der Waals surface area (Å²) in [5.74, 6) is 1.37. The Morgan fingerprint density at radius 3 is 1.73 bits per heavy atom. The molecule has 10 aromatic rings. The van der Waals surface area contributed by atoms with Gasteiger partial charge < -0.3 is 14.2 Å². The van der Waals surface area contributed by atoms with Crippen LogP contribution in [0.4, 0.5) is 0 Å². The molecular formula is C51H33N3O2. The number of rotatable bonds is 6. The SMILES string of the molecule is c1ccc(-c2ccc(C3=NC(c4cccc5c4oc4ccccc45)NC(c4ccc5oc6cccc(-c7ccc(-c8ccccc8)cc7)c6c5c4)=N3)cc2)cc1. The molecule has 1 N–H and O–H groups in total. The number of aliphatic imine (C=N–C) groups is 2. The summed E-state index contributed by atoms with van der Waals surface area (Å²) < 4.78 is 13.0. The number of benzene rings is 8. The largest absolute Gasteiger partial charge is 0.456 e. The van der Waals surface area contributed by atoms with E-state index in [-0.39, 0.29) is 0 Å². The van der Waals surface area contributed by atoms with Crippen molar-refractivity contribution in [3.63, 3.8) is 0 Å². The monoisotopic (exact) mass is 719 g/mol. The van der Waals surface area contributed by atoms with Gasteiger partial charge in [0.1, 0.15) is 28.2 Å². The van der Waals surface area contributed by atoms with E-state index in [1.807, 2.05) is 42.5 Å². The Balaban J connectivity index is 1.03. The molecular weight excluding hydrogens is 687 g/mol. The molecule has 2 aromatic heterocycles. The number of hydrogen-bond donors (Lipinski definition) is 1. The molecule has 1 aliphatic heterocycles. The van der Waals surface area contributed by atoms with Crippen LogP contribution in [0.25, 0.3) is 77.3 Å². The average Bonchev–Trinajstić information content (AvgIpc) is 3.85. The highest BCUT2D eigenvalue weighted by atomic mass is 16.3. The van der Waals surface area contributed by atoms with Gasteiger partial charge in [0.2, 0.25) is 0 Å². The molecule has 5 nitrogen and oxygen atoms in total. The van der Waals surface area contributed by atoms with Gasteiger partial charge in [-0.05, 0) is 63.7 Å². The molecule has 0 radical (unpaired) electrons. The lowest BCUT2D eigenvalue weighted by molar-refractivity contribution is 0.628. The van der Waals surface area contributed by atoms with Gasteiger partial charge in [-0.25, -0.2) is 9.98 Å². The lowest BCUT2D eigenvalue weighted by Gasteiger charge is -2.24. The number of hydrogen-bond acceptors (Lipinski definition) is 5. The smallest absolute Gasteiger partial charge is 0.159 e. The third-order valence-electron chi connectivity index (χ3n) is 10.8. The number of nitrogens with one attached hydrogen (secondary N) is 1. The molecule has 0 saturated heterocycles. The van der Waals surface area contributed by atoms with Gasteiger partial charge in [0.15, 0.2) is 12.0 Å². The molecule has 56 heavy (non-hydrogen) atoms. The van der Waals surface area contributed by atoms with Crippen LogP contribution in [0.1, 0.15) is 22.9 Å². The second-order valence-corrected chi connectivity index (χ2v) is 14.2. The zero-order valence-electron chi connectivity index (χ0n) is 30.2. The second kappa shape index (κ2) is 13.1. The summed E-state index contributed by atoms with van der Waals surface area (Å²) in [5, 5.41) is 7.94. The zero-order chi connectivity index (χ0) is 37.0. The van der Waals surface area contributed by atoms with Crippen molar-refractivity contribution >= 4 is 55.5 Å². The summed E-state index contributed by atoms with van der Waals surface area (Å²) in [6.45, 7) is 0. The van der Waals surface area contributed by atoms with Gasteiger partial charge in [0.25, 0.3) is 0 Å². The van der Waals surface area contributed by atoms with Crippen LogP contribution < -0.4 is 5.32 Å². The van der Waals surface area contributed by atoms with E-state index in [1.54, 1.807) is 0 Å². The Bertz CT molecular complexity index is 3140. The van der Waals surface area contributed by atoms with Gasteiger partial charge in [-0.2, -0.15) is 0 Å². The standard InChI is InChI=1S/C51H33N3O2/c1-3-11-32(12-4-1)34-21-25-36(26-22-34)39-16-10-20-46-47(39)43-31-38(29-30-45(43)55-46)50-52-49(37-27-23-35(24-28-37)33-13-5-2-6-14-33)53-51(54-50)42-18-9-17-41-40-15-7-8-19-44(40)56-48(41)42/h1-31,51H,(H,52,53,54). The van der Waals surface area contributed by atoms with Crippen LogP contribution in [0.5, 0.6) is 0 Å². The van der Waals surface area contributed by atoms with Crippen LogP contribution in [0.15, 0.2) is 207 Å². The summed E-state index contributed by atoms with van der Waals surface area (Å²) in [6.07, 6.45) is -0.453. The third-order valence-corrected chi connectivity index (χ3v) is 10.8. The minimum atomic E-state index is -0.453. The molecule has 5 heteroatoms. The first-order valence-corrected chi connectivity index (χ1v) is 18.8. The number of nitrogens with zero attached hydrogens (tertiary/aromatic N) is 2. The highest BCUT2D eigenvalue weighted by Crippen LogP contribution is 2.39. The van der Waals surface area contributed by atoms with Crippen LogP contribution in [0.2, 0.25) is 0 Å². The van der Waals surface area contributed by atoms with E-state index in [1.165, 1.54) is 11.1 Å². The predicted octanol–water partition coefficient (Wildman–Crippen LogP) is 13.0. The molecule has 1 aliphatic rings. The molecule has 0 aliphatic carbocycles. The molecule has 3 heterocycles. The van der Waals surface area contributed by atoms with Crippen molar-refractivity contribution in [2.24, 2.45) is 9.98 Å². The van der Waals surface area contributed by atoms with Gasteiger partial charge in [-0.15, -0.1) is 0 Å². The van der Waals surface area contributed by atoms with Crippen molar-refractivity contribution < 1.29 is 8.83 Å². The van der Waals surface area contributed by atoms with Gasteiger partial charge in [0.05, 0.1) is 0 Å². The predicted molar refractivity (Wildman–Crippen MR) is 229 cm³/mol. The maximum absolute atomic E-state index is 6.50. The quantitative estimate of drug-likeness (QED) is 0.186. The van der Waals surface area contributed by atoms with E-state index in [0.29, 0.717) is 5.84 Å². The van der Waals surface area contributed by atoms with Crippen LogP contribution >= 0.6 is 0 Å². The molecule has 0 fully saturated rings. The summed E-state index contributed by atoms with van der Waals surface area (Å²) in [4.78, 5) is 10.5. The molecule has 0 bridgehead atoms. The lowest BCUT2D eigenvalue weighted by Crippen LogP contribution is -2.33. The Morgan fingerprint density at radius 1 is 0.411 bits per heavy atom. The van der Waals surface area contributed by atoms with E-state index in [9.17, 15) is 0 Å². The van der Waals surface area contributed by atoms with Gasteiger partial charge >= 0.3 is 0 Å². The summed E-state index contributed by atoms with van der Waals surface area (Å²) in [6, 6.07) is 65.2. The van der Waals surface area contributed by atoms with Crippen molar-refractivity contribution in [1.29, 1.82) is 0 Å². The first-order chi connectivity index (χ1) is 27.7. The van der Waals surface area contributed by atoms with E-state index >= 15 is 0 Å². The van der Waals surface area contributed by atoms with Gasteiger partial charge in [-0.3, -0.25) is 0 Å². The summed E-state index contributed by atoms with van der Waals surface area (Å²) in [5.41, 5.74) is 13.1. The van der Waals surface area contributed by atoms with Crippen molar-refractivity contribution in [2.75, 3.05) is 0 Å². The maximum atomic E-state index is 6.50. The number of para-hydroxylation sites is 2. The van der Waals surface area contributed by atoms with Crippen LogP contribution in [-0.4, -0.2) is 11.7 Å². The van der Waals surface area contributed by atoms with E-state index in [4.69, 9.17) is 18.8 Å². The Kier molecular flexibility index (Phi) is 7.49. The Hall–Kier alpha value is -7.50. The first kappa shape index (κ1) is 32.0. The highest BCUT2D eigenvalue weighted by molar-refractivity contribution is 6.17. The first-order valence-electron chi connectivity index (χ1n) is 18.8. The number of furan rings is 2. The van der Waals surface area contributed by atoms with Crippen LogP contribution in [-0.2, 0) is 0 Å².